The normalized spacial score (nSPS) is 13.3. The molecule has 0 bridgehead atoms. The topological polar surface area (TPSA) is 39.8 Å². The third kappa shape index (κ3) is 1.61. The predicted molar refractivity (Wildman–Crippen MR) is 71.3 cm³/mol. The fourth-order valence-corrected chi connectivity index (χ4v) is 2.23. The molecule has 18 heavy (non-hydrogen) atoms. The van der Waals surface area contributed by atoms with Gasteiger partial charge in [0.2, 0.25) is 0 Å². The maximum atomic E-state index is 12.2. The molecule has 0 spiro atoms. The molecule has 0 unspecified atom stereocenters. The maximum Gasteiger partial charge on any atom is 0.350 e. The molecule has 0 saturated carbocycles. The van der Waals surface area contributed by atoms with Crippen molar-refractivity contribution in [1.29, 1.82) is 0 Å². The Bertz CT molecular complexity index is 677. The van der Waals surface area contributed by atoms with Gasteiger partial charge in [-0.05, 0) is 31.1 Å². The van der Waals surface area contributed by atoms with Gasteiger partial charge in [0, 0.05) is 12.6 Å². The fourth-order valence-electron chi connectivity index (χ4n) is 2.23. The zero-order valence-electron chi connectivity index (χ0n) is 10.5. The molecule has 0 radical (unpaired) electrons. The smallest absolute Gasteiger partial charge is 0.253 e. The van der Waals surface area contributed by atoms with Gasteiger partial charge in [-0.3, -0.25) is 4.57 Å². The minimum Gasteiger partial charge on any atom is -0.253 e. The second kappa shape index (κ2) is 3.98. The average Bonchev–Trinajstić information content (AvgIpc) is 2.57. The second-order valence-corrected chi connectivity index (χ2v) is 4.80. The van der Waals surface area contributed by atoms with Crippen LogP contribution in [0.4, 0.5) is 0 Å². The summed E-state index contributed by atoms with van der Waals surface area (Å²) in [6, 6.07) is 8.23. The molecule has 2 heterocycles. The van der Waals surface area contributed by atoms with E-state index < -0.39 is 0 Å². The van der Waals surface area contributed by atoms with Crippen molar-refractivity contribution in [3.8, 4) is 0 Å². The lowest BCUT2D eigenvalue weighted by atomic mass is 10.1. The van der Waals surface area contributed by atoms with Crippen molar-refractivity contribution < 1.29 is 0 Å². The Morgan fingerprint density at radius 3 is 2.83 bits per heavy atom. The van der Waals surface area contributed by atoms with Crippen molar-refractivity contribution in [3.63, 3.8) is 0 Å². The van der Waals surface area contributed by atoms with E-state index in [0.29, 0.717) is 6.42 Å². The molecule has 4 heteroatoms. The summed E-state index contributed by atoms with van der Waals surface area (Å²) in [4.78, 5) is 12.2. The van der Waals surface area contributed by atoms with E-state index in [1.807, 2.05) is 38.3 Å². The molecule has 92 valence electrons. The summed E-state index contributed by atoms with van der Waals surface area (Å²) in [5.41, 5.74) is 2.29. The van der Waals surface area contributed by atoms with Gasteiger partial charge in [0.15, 0.2) is 0 Å². The number of hydrogen-bond acceptors (Lipinski definition) is 2. The molecule has 1 aliphatic rings. The first kappa shape index (κ1) is 11.0. The number of rotatable bonds is 1. The van der Waals surface area contributed by atoms with Crippen LogP contribution < -0.4 is 5.69 Å². The summed E-state index contributed by atoms with van der Waals surface area (Å²) >= 11 is 0. The van der Waals surface area contributed by atoms with E-state index in [-0.39, 0.29) is 11.7 Å². The first-order valence-corrected chi connectivity index (χ1v) is 6.13. The molecule has 0 aliphatic carbocycles. The number of fused-ring (bicyclic) bond motifs is 2. The fraction of sp³-hybridized carbons (Fsp3) is 0.286. The lowest BCUT2D eigenvalue weighted by molar-refractivity contribution is 0.509. The standard InChI is InChI=1S/C14H15N3O/c1-10(2)17-14(18)16-8-7-11-5-3-4-6-12(11)9-13(16)15-17/h3-8,10H,9H2,1-2H3. The Morgan fingerprint density at radius 1 is 1.28 bits per heavy atom. The van der Waals surface area contributed by atoms with Crippen LogP contribution in [-0.4, -0.2) is 14.3 Å². The van der Waals surface area contributed by atoms with Crippen LogP contribution in [0.2, 0.25) is 0 Å². The van der Waals surface area contributed by atoms with Crippen LogP contribution in [-0.2, 0) is 6.42 Å². The van der Waals surface area contributed by atoms with E-state index in [0.717, 1.165) is 11.4 Å². The van der Waals surface area contributed by atoms with Gasteiger partial charge in [0.25, 0.3) is 0 Å². The highest BCUT2D eigenvalue weighted by atomic mass is 16.2. The molecule has 2 aromatic rings. The molecular weight excluding hydrogens is 226 g/mol. The second-order valence-electron chi connectivity index (χ2n) is 4.80. The van der Waals surface area contributed by atoms with Crippen LogP contribution in [0.1, 0.15) is 36.8 Å². The van der Waals surface area contributed by atoms with Crippen LogP contribution in [0.5, 0.6) is 0 Å². The van der Waals surface area contributed by atoms with Crippen molar-refractivity contribution in [2.75, 3.05) is 0 Å². The summed E-state index contributed by atoms with van der Waals surface area (Å²) in [6.07, 6.45) is 4.48. The first-order chi connectivity index (χ1) is 8.66. The van der Waals surface area contributed by atoms with Crippen molar-refractivity contribution in [1.82, 2.24) is 14.3 Å². The first-order valence-electron chi connectivity index (χ1n) is 6.13. The lowest BCUT2D eigenvalue weighted by Gasteiger charge is -2.03. The van der Waals surface area contributed by atoms with E-state index in [1.54, 1.807) is 4.57 Å². The van der Waals surface area contributed by atoms with Crippen molar-refractivity contribution >= 4 is 12.3 Å². The Kier molecular flexibility index (Phi) is 2.44. The van der Waals surface area contributed by atoms with Gasteiger partial charge in [-0.1, -0.05) is 24.3 Å². The van der Waals surface area contributed by atoms with Crippen LogP contribution >= 0.6 is 0 Å². The number of benzene rings is 1. The molecule has 0 atom stereocenters. The van der Waals surface area contributed by atoms with Crippen molar-refractivity contribution in [2.45, 2.75) is 26.3 Å². The molecule has 1 aliphatic heterocycles. The summed E-state index contributed by atoms with van der Waals surface area (Å²) in [5, 5.41) is 4.42. The minimum absolute atomic E-state index is 0.0657. The quantitative estimate of drug-likeness (QED) is 0.655. The highest BCUT2D eigenvalue weighted by Crippen LogP contribution is 2.18. The molecule has 0 amide bonds. The van der Waals surface area contributed by atoms with Crippen LogP contribution in [0, 0.1) is 0 Å². The summed E-state index contributed by atoms with van der Waals surface area (Å²) in [5.74, 6) is 0.801. The third-order valence-electron chi connectivity index (χ3n) is 3.20. The number of aromatic nitrogens is 3. The average molecular weight is 241 g/mol. The number of hydrogen-bond donors (Lipinski definition) is 0. The van der Waals surface area contributed by atoms with Gasteiger partial charge in [0.1, 0.15) is 5.82 Å². The molecule has 1 aromatic heterocycles. The van der Waals surface area contributed by atoms with Gasteiger partial charge < -0.3 is 0 Å². The van der Waals surface area contributed by atoms with Gasteiger partial charge in [-0.25, -0.2) is 9.48 Å². The van der Waals surface area contributed by atoms with Gasteiger partial charge in [-0.2, -0.15) is 5.10 Å². The van der Waals surface area contributed by atoms with Gasteiger partial charge >= 0.3 is 5.69 Å². The Labute approximate surface area is 105 Å². The van der Waals surface area contributed by atoms with Gasteiger partial charge in [-0.15, -0.1) is 0 Å². The SMILES string of the molecule is CC(C)n1nc2n(c1=O)C=Cc1ccccc1C2. The zero-order valence-corrected chi connectivity index (χ0v) is 10.5. The van der Waals surface area contributed by atoms with Crippen molar-refractivity contribution in [2.24, 2.45) is 0 Å². The van der Waals surface area contributed by atoms with E-state index >= 15 is 0 Å². The summed E-state index contributed by atoms with van der Waals surface area (Å²) in [6.45, 7) is 3.93. The molecular formula is C14H15N3O. The van der Waals surface area contributed by atoms with Crippen LogP contribution in [0.15, 0.2) is 29.1 Å². The molecule has 0 fully saturated rings. The molecule has 4 nitrogen and oxygen atoms in total. The zero-order chi connectivity index (χ0) is 12.7. The van der Waals surface area contributed by atoms with Gasteiger partial charge in [0.05, 0.1) is 6.04 Å². The molecule has 3 rings (SSSR count). The minimum atomic E-state index is -0.0657. The largest absolute Gasteiger partial charge is 0.350 e. The van der Waals surface area contributed by atoms with E-state index in [1.165, 1.54) is 10.2 Å². The third-order valence-corrected chi connectivity index (χ3v) is 3.20. The molecule has 0 saturated heterocycles. The molecule has 0 N–H and O–H groups in total. The van der Waals surface area contributed by atoms with E-state index in [2.05, 4.69) is 17.2 Å². The van der Waals surface area contributed by atoms with Crippen LogP contribution in [0.25, 0.3) is 12.3 Å². The highest BCUT2D eigenvalue weighted by Gasteiger charge is 2.16. The lowest BCUT2D eigenvalue weighted by Crippen LogP contribution is -2.24. The van der Waals surface area contributed by atoms with E-state index in [9.17, 15) is 4.79 Å². The van der Waals surface area contributed by atoms with Crippen molar-refractivity contribution in [3.05, 3.63) is 51.7 Å². The summed E-state index contributed by atoms with van der Waals surface area (Å²) < 4.78 is 3.17. The maximum absolute atomic E-state index is 12.2. The Morgan fingerprint density at radius 2 is 2.06 bits per heavy atom. The monoisotopic (exact) mass is 241 g/mol. The number of nitrogens with zero attached hydrogens (tertiary/aromatic N) is 3. The Hall–Kier alpha value is -2.10. The highest BCUT2D eigenvalue weighted by molar-refractivity contribution is 5.65. The summed E-state index contributed by atoms with van der Waals surface area (Å²) in [7, 11) is 0. The Balaban J connectivity index is 2.17. The predicted octanol–water partition coefficient (Wildman–Crippen LogP) is 2.16. The van der Waals surface area contributed by atoms with E-state index in [4.69, 9.17) is 0 Å². The van der Waals surface area contributed by atoms with Crippen LogP contribution in [0.3, 0.4) is 0 Å². The molecule has 1 aromatic carbocycles.